The Hall–Kier alpha value is -3.12. The van der Waals surface area contributed by atoms with Crippen LogP contribution in [0.2, 0.25) is 0 Å². The third kappa shape index (κ3) is 6.16. The van der Waals surface area contributed by atoms with Gasteiger partial charge in [-0.3, -0.25) is 0 Å². The summed E-state index contributed by atoms with van der Waals surface area (Å²) in [5.41, 5.74) is 5.06. The van der Waals surface area contributed by atoms with Gasteiger partial charge in [0, 0.05) is 16.7 Å². The van der Waals surface area contributed by atoms with Crippen molar-refractivity contribution < 1.29 is 48.6 Å². The molecule has 1 aromatic heterocycles. The zero-order valence-corrected chi connectivity index (χ0v) is 22.4. The number of benzene rings is 3. The van der Waals surface area contributed by atoms with E-state index in [2.05, 4.69) is 18.2 Å². The van der Waals surface area contributed by atoms with Crippen LogP contribution in [-0.2, 0) is 11.2 Å². The molecule has 4 aromatic rings. The Morgan fingerprint density at radius 3 is 2.42 bits per heavy atom. The van der Waals surface area contributed by atoms with Crippen molar-refractivity contribution in [1.82, 2.24) is 4.98 Å². The molecule has 1 aliphatic carbocycles. The summed E-state index contributed by atoms with van der Waals surface area (Å²) < 4.78 is 11.8. The zero-order chi connectivity index (χ0) is 24.0. The van der Waals surface area contributed by atoms with Gasteiger partial charge in [-0.15, -0.1) is 0 Å². The molecule has 0 N–H and O–H groups in total. The molecule has 1 heterocycles. The van der Waals surface area contributed by atoms with E-state index in [0.717, 1.165) is 59.4 Å². The Labute approximate surface area is 233 Å². The van der Waals surface area contributed by atoms with Crippen LogP contribution in [0.15, 0.2) is 95.4 Å². The first kappa shape index (κ1) is 26.0. The number of allylic oxidation sites excluding steroid dienone is 2. The third-order valence-electron chi connectivity index (χ3n) is 6.26. The number of carbonyl (C=O) groups is 1. The number of aliphatic carboxylic acids is 1. The molecule has 0 aliphatic heterocycles. The van der Waals surface area contributed by atoms with Crippen molar-refractivity contribution in [2.75, 3.05) is 6.61 Å². The normalized spacial score (nSPS) is 15.0. The van der Waals surface area contributed by atoms with E-state index in [1.54, 1.807) is 6.07 Å². The molecule has 0 amide bonds. The second kappa shape index (κ2) is 12.2. The Balaban J connectivity index is 0.00000304. The summed E-state index contributed by atoms with van der Waals surface area (Å²) in [5, 5.41) is 10.7. The van der Waals surface area contributed by atoms with Gasteiger partial charge < -0.3 is 19.1 Å². The standard InChI is InChI=1S/C30H27NO4.Na/c32-27(33)20-34-25-16-9-10-21(19-25)18-24-15-7-8-17-26(24)30-31-28(22-11-3-1-4-12-22)29(35-30)23-13-5-2-6-14-23;/h1-6,9-14,16-17,19,24H,7-8,15,18,20H2,(H,32,33);/q;+1/p-1. The van der Waals surface area contributed by atoms with Gasteiger partial charge in [0.25, 0.3) is 0 Å². The number of nitrogens with zero attached hydrogens (tertiary/aromatic N) is 1. The first-order valence-corrected chi connectivity index (χ1v) is 11.9. The summed E-state index contributed by atoms with van der Waals surface area (Å²) in [5.74, 6) is 0.972. The molecule has 0 spiro atoms. The Bertz CT molecular complexity index is 1270. The van der Waals surface area contributed by atoms with Gasteiger partial charge >= 0.3 is 29.6 Å². The summed E-state index contributed by atoms with van der Waals surface area (Å²) in [6, 6.07) is 27.8. The second-order valence-electron chi connectivity index (χ2n) is 8.73. The van der Waals surface area contributed by atoms with Crippen LogP contribution in [0.4, 0.5) is 0 Å². The quantitative estimate of drug-likeness (QED) is 0.357. The van der Waals surface area contributed by atoms with Crippen LogP contribution in [0, 0.1) is 5.92 Å². The van der Waals surface area contributed by atoms with Crippen LogP contribution in [0.3, 0.4) is 0 Å². The molecule has 3 aromatic carbocycles. The van der Waals surface area contributed by atoms with Gasteiger partial charge in [0.1, 0.15) is 18.1 Å². The molecule has 0 saturated carbocycles. The van der Waals surface area contributed by atoms with Crippen LogP contribution < -0.4 is 39.4 Å². The van der Waals surface area contributed by atoms with Crippen LogP contribution in [0.5, 0.6) is 5.75 Å². The molecule has 0 saturated heterocycles. The van der Waals surface area contributed by atoms with Gasteiger partial charge in [-0.05, 0) is 49.3 Å². The number of rotatable bonds is 8. The fourth-order valence-corrected chi connectivity index (χ4v) is 4.63. The van der Waals surface area contributed by atoms with E-state index in [4.69, 9.17) is 14.1 Å². The minimum atomic E-state index is -1.24. The number of hydrogen-bond donors (Lipinski definition) is 0. The molecule has 0 bridgehead atoms. The Morgan fingerprint density at radius 1 is 0.972 bits per heavy atom. The van der Waals surface area contributed by atoms with E-state index < -0.39 is 12.6 Å². The zero-order valence-electron chi connectivity index (χ0n) is 20.4. The van der Waals surface area contributed by atoms with Gasteiger partial charge in [-0.1, -0.05) is 78.9 Å². The summed E-state index contributed by atoms with van der Waals surface area (Å²) >= 11 is 0. The SMILES string of the molecule is O=C([O-])COc1cccc(CC2CCCC=C2c2nc(-c3ccccc3)c(-c3ccccc3)o2)c1.[Na+]. The van der Waals surface area contributed by atoms with E-state index in [9.17, 15) is 9.90 Å². The van der Waals surface area contributed by atoms with Crippen molar-refractivity contribution >= 4 is 11.5 Å². The number of carboxylic acid groups (broad SMARTS) is 1. The fraction of sp³-hybridized carbons (Fsp3) is 0.200. The minimum Gasteiger partial charge on any atom is -0.546 e. The van der Waals surface area contributed by atoms with Gasteiger partial charge in [0.2, 0.25) is 5.89 Å². The third-order valence-corrected chi connectivity index (χ3v) is 6.26. The topological polar surface area (TPSA) is 75.4 Å². The first-order valence-electron chi connectivity index (χ1n) is 11.9. The number of oxazole rings is 1. The summed E-state index contributed by atoms with van der Waals surface area (Å²) in [6.07, 6.45) is 6.16. The van der Waals surface area contributed by atoms with Gasteiger partial charge in [0.15, 0.2) is 5.76 Å². The summed E-state index contributed by atoms with van der Waals surface area (Å²) in [7, 11) is 0. The van der Waals surface area contributed by atoms with Crippen molar-refractivity contribution in [3.63, 3.8) is 0 Å². The summed E-state index contributed by atoms with van der Waals surface area (Å²) in [4.78, 5) is 15.8. The van der Waals surface area contributed by atoms with Crippen LogP contribution in [0.25, 0.3) is 28.2 Å². The first-order chi connectivity index (χ1) is 17.2. The van der Waals surface area contributed by atoms with Crippen molar-refractivity contribution in [2.45, 2.75) is 25.7 Å². The average molecular weight is 488 g/mol. The van der Waals surface area contributed by atoms with E-state index in [1.807, 2.05) is 66.7 Å². The van der Waals surface area contributed by atoms with Crippen molar-refractivity contribution in [2.24, 2.45) is 5.92 Å². The molecule has 6 heteroatoms. The van der Waals surface area contributed by atoms with Crippen LogP contribution >= 0.6 is 0 Å². The van der Waals surface area contributed by atoms with Crippen LogP contribution in [0.1, 0.15) is 30.7 Å². The largest absolute Gasteiger partial charge is 1.00 e. The number of ether oxygens (including phenoxy) is 1. The predicted octanol–water partition coefficient (Wildman–Crippen LogP) is 2.57. The fourth-order valence-electron chi connectivity index (χ4n) is 4.63. The van der Waals surface area contributed by atoms with Crippen molar-refractivity contribution in [3.05, 3.63) is 102 Å². The maximum absolute atomic E-state index is 10.7. The van der Waals surface area contributed by atoms with Gasteiger partial charge in [0.05, 0.1) is 5.97 Å². The predicted molar refractivity (Wildman–Crippen MR) is 133 cm³/mol. The Morgan fingerprint density at radius 2 is 1.69 bits per heavy atom. The smallest absolute Gasteiger partial charge is 0.546 e. The van der Waals surface area contributed by atoms with E-state index in [1.165, 1.54) is 0 Å². The van der Waals surface area contributed by atoms with E-state index in [0.29, 0.717) is 11.6 Å². The number of hydrogen-bond acceptors (Lipinski definition) is 5. The van der Waals surface area contributed by atoms with Crippen LogP contribution in [-0.4, -0.2) is 17.6 Å². The average Bonchev–Trinajstić information content (AvgIpc) is 3.34. The molecule has 1 atom stereocenters. The number of aromatic nitrogens is 1. The molecule has 1 aliphatic rings. The summed E-state index contributed by atoms with van der Waals surface area (Å²) in [6.45, 7) is -0.459. The molecule has 0 fully saturated rings. The van der Waals surface area contributed by atoms with E-state index >= 15 is 0 Å². The molecule has 0 radical (unpaired) electrons. The molecule has 36 heavy (non-hydrogen) atoms. The molecule has 1 unspecified atom stereocenters. The molecular weight excluding hydrogens is 461 g/mol. The molecule has 5 rings (SSSR count). The molecular formula is C30H26NNaO4. The van der Waals surface area contributed by atoms with Crippen molar-refractivity contribution in [3.8, 4) is 28.3 Å². The maximum atomic E-state index is 10.7. The maximum Gasteiger partial charge on any atom is 1.00 e. The van der Waals surface area contributed by atoms with Gasteiger partial charge in [-0.25, -0.2) is 4.98 Å². The Kier molecular flexibility index (Phi) is 8.81. The second-order valence-corrected chi connectivity index (χ2v) is 8.73. The monoisotopic (exact) mass is 487 g/mol. The number of carboxylic acids is 1. The van der Waals surface area contributed by atoms with E-state index in [-0.39, 0.29) is 35.5 Å². The minimum absolute atomic E-state index is 0. The molecule has 5 nitrogen and oxygen atoms in total. The van der Waals surface area contributed by atoms with Gasteiger partial charge in [-0.2, -0.15) is 0 Å². The molecule has 176 valence electrons. The number of carbonyl (C=O) groups excluding carboxylic acids is 1. The van der Waals surface area contributed by atoms with Crippen molar-refractivity contribution in [1.29, 1.82) is 0 Å².